The van der Waals surface area contributed by atoms with Gasteiger partial charge >= 0.3 is 6.18 Å². The Morgan fingerprint density at radius 3 is 2.82 bits per heavy atom. The number of halogens is 3. The molecule has 0 unspecified atom stereocenters. The minimum atomic E-state index is -4.41. The van der Waals surface area contributed by atoms with E-state index in [9.17, 15) is 18.0 Å². The fraction of sp³-hybridized carbons (Fsp3) is 0.526. The summed E-state index contributed by atoms with van der Waals surface area (Å²) < 4.78 is 41.5. The molecule has 1 saturated carbocycles. The topological polar surface area (TPSA) is 71.8 Å². The Morgan fingerprint density at radius 1 is 1.39 bits per heavy atom. The second-order valence-electron chi connectivity index (χ2n) is 7.64. The minimum Gasteiger partial charge on any atom is -0.367 e. The van der Waals surface area contributed by atoms with Crippen molar-refractivity contribution < 1.29 is 18.0 Å². The maximum absolute atomic E-state index is 13.5. The van der Waals surface area contributed by atoms with Gasteiger partial charge in [-0.25, -0.2) is 4.68 Å². The quantitative estimate of drug-likeness (QED) is 0.817. The van der Waals surface area contributed by atoms with Crippen molar-refractivity contribution in [3.8, 4) is 0 Å². The summed E-state index contributed by atoms with van der Waals surface area (Å²) >= 11 is 0. The first-order valence-electron chi connectivity index (χ1n) is 9.45. The van der Waals surface area contributed by atoms with Crippen molar-refractivity contribution in [3.05, 3.63) is 41.9 Å². The van der Waals surface area contributed by atoms with Crippen LogP contribution >= 0.6 is 0 Å². The van der Waals surface area contributed by atoms with Crippen molar-refractivity contribution in [1.29, 1.82) is 0 Å². The number of amides is 1. The van der Waals surface area contributed by atoms with Crippen LogP contribution in [0.2, 0.25) is 0 Å². The summed E-state index contributed by atoms with van der Waals surface area (Å²) in [5, 5.41) is 9.91. The number of hydrogen-bond acceptors (Lipinski definition) is 4. The van der Waals surface area contributed by atoms with Crippen LogP contribution in [0, 0.1) is 5.92 Å². The van der Waals surface area contributed by atoms with Crippen molar-refractivity contribution in [1.82, 2.24) is 20.1 Å². The Bertz CT molecular complexity index is 847. The normalized spacial score (nSPS) is 22.9. The van der Waals surface area contributed by atoms with Crippen molar-refractivity contribution in [3.63, 3.8) is 0 Å². The lowest BCUT2D eigenvalue weighted by Crippen LogP contribution is -2.40. The molecule has 3 heterocycles. The number of anilines is 1. The fourth-order valence-corrected chi connectivity index (χ4v) is 3.70. The Balaban J connectivity index is 1.49. The van der Waals surface area contributed by atoms with E-state index in [4.69, 9.17) is 0 Å². The Labute approximate surface area is 160 Å². The number of alkyl halides is 3. The summed E-state index contributed by atoms with van der Waals surface area (Å²) in [5.41, 5.74) is 0.812. The zero-order chi connectivity index (χ0) is 19.9. The summed E-state index contributed by atoms with van der Waals surface area (Å²) in [5.74, 6) is 0.0354. The molecule has 6 nitrogen and oxygen atoms in total. The van der Waals surface area contributed by atoms with E-state index in [0.717, 1.165) is 23.2 Å². The van der Waals surface area contributed by atoms with Gasteiger partial charge in [-0.3, -0.25) is 9.78 Å². The molecule has 2 aromatic heterocycles. The molecule has 1 aliphatic heterocycles. The van der Waals surface area contributed by atoms with Crippen LogP contribution < -0.4 is 10.6 Å². The number of fused-ring (bicyclic) bond motifs is 1. The molecule has 9 heteroatoms. The van der Waals surface area contributed by atoms with Gasteiger partial charge in [-0.15, -0.1) is 0 Å². The summed E-state index contributed by atoms with van der Waals surface area (Å²) in [6.45, 7) is 1.82. The zero-order valence-corrected chi connectivity index (χ0v) is 15.4. The van der Waals surface area contributed by atoms with E-state index in [0.29, 0.717) is 6.42 Å². The Hall–Kier alpha value is -2.58. The van der Waals surface area contributed by atoms with Crippen LogP contribution in [0.4, 0.5) is 19.0 Å². The number of hydrogen-bond donors (Lipinski definition) is 2. The maximum Gasteiger partial charge on any atom is 0.410 e. The van der Waals surface area contributed by atoms with E-state index < -0.39 is 18.1 Å². The molecule has 0 saturated heterocycles. The van der Waals surface area contributed by atoms with Crippen LogP contribution in [0.3, 0.4) is 0 Å². The third-order valence-corrected chi connectivity index (χ3v) is 5.26. The molecule has 2 aromatic rings. The van der Waals surface area contributed by atoms with Gasteiger partial charge in [0.15, 0.2) is 11.7 Å². The molecule has 2 N–H and O–H groups in total. The number of nitrogens with zero attached hydrogens (tertiary/aromatic N) is 3. The van der Waals surface area contributed by atoms with Crippen LogP contribution in [-0.4, -0.2) is 38.9 Å². The number of carbonyl (C=O) groups is 1. The van der Waals surface area contributed by atoms with Gasteiger partial charge in [0.1, 0.15) is 5.82 Å². The summed E-state index contributed by atoms with van der Waals surface area (Å²) in [7, 11) is 0. The molecular formula is C19H22F3N5O. The average Bonchev–Trinajstić information content (AvgIpc) is 3.39. The van der Waals surface area contributed by atoms with Gasteiger partial charge in [0.2, 0.25) is 0 Å². The lowest BCUT2D eigenvalue weighted by Gasteiger charge is -2.33. The van der Waals surface area contributed by atoms with Gasteiger partial charge in [0, 0.05) is 36.5 Å². The SMILES string of the molecule is C[C@H](Cc1ccccn1)NC(=O)c1cc2n(n1)[C@@H](C(F)(F)F)C[C@@H](C1CC1)N2. The molecule has 1 fully saturated rings. The van der Waals surface area contributed by atoms with E-state index in [1.54, 1.807) is 12.3 Å². The van der Waals surface area contributed by atoms with Crippen LogP contribution in [0.25, 0.3) is 0 Å². The van der Waals surface area contributed by atoms with Gasteiger partial charge < -0.3 is 10.6 Å². The highest BCUT2D eigenvalue weighted by Gasteiger charge is 2.49. The first-order chi connectivity index (χ1) is 13.3. The summed E-state index contributed by atoms with van der Waals surface area (Å²) in [6, 6.07) is 4.77. The number of nitrogens with one attached hydrogen (secondary N) is 2. The molecule has 0 bridgehead atoms. The Morgan fingerprint density at radius 2 is 2.18 bits per heavy atom. The van der Waals surface area contributed by atoms with Gasteiger partial charge in [-0.05, 0) is 44.2 Å². The highest BCUT2D eigenvalue weighted by Crippen LogP contribution is 2.45. The molecular weight excluding hydrogens is 371 g/mol. The third kappa shape index (κ3) is 3.98. The molecule has 0 aromatic carbocycles. The van der Waals surface area contributed by atoms with Gasteiger partial charge in [-0.2, -0.15) is 18.3 Å². The van der Waals surface area contributed by atoms with Gasteiger partial charge in [0.05, 0.1) is 0 Å². The van der Waals surface area contributed by atoms with Crippen molar-refractivity contribution >= 4 is 11.7 Å². The molecule has 2 aliphatic rings. The average molecular weight is 393 g/mol. The van der Waals surface area contributed by atoms with E-state index in [1.807, 2.05) is 19.1 Å². The summed E-state index contributed by atoms with van der Waals surface area (Å²) in [6.07, 6.45) is -0.389. The lowest BCUT2D eigenvalue weighted by molar-refractivity contribution is -0.174. The highest BCUT2D eigenvalue weighted by molar-refractivity contribution is 5.93. The predicted molar refractivity (Wildman–Crippen MR) is 96.9 cm³/mol. The fourth-order valence-electron chi connectivity index (χ4n) is 3.70. The second-order valence-corrected chi connectivity index (χ2v) is 7.64. The zero-order valence-electron chi connectivity index (χ0n) is 15.4. The molecule has 3 atom stereocenters. The van der Waals surface area contributed by atoms with Crippen molar-refractivity contribution in [2.45, 2.75) is 56.9 Å². The first-order valence-corrected chi connectivity index (χ1v) is 9.45. The lowest BCUT2D eigenvalue weighted by atomic mass is 10.0. The minimum absolute atomic E-state index is 0.0129. The number of carbonyl (C=O) groups excluding carboxylic acids is 1. The molecule has 1 aliphatic carbocycles. The molecule has 0 radical (unpaired) electrons. The monoisotopic (exact) mass is 393 g/mol. The largest absolute Gasteiger partial charge is 0.410 e. The first kappa shape index (κ1) is 18.8. The predicted octanol–water partition coefficient (Wildman–Crippen LogP) is 3.34. The van der Waals surface area contributed by atoms with Crippen LogP contribution in [0.1, 0.15) is 48.4 Å². The highest BCUT2D eigenvalue weighted by atomic mass is 19.4. The van der Waals surface area contributed by atoms with Gasteiger partial charge in [-0.1, -0.05) is 6.07 Å². The van der Waals surface area contributed by atoms with Crippen LogP contribution in [0.5, 0.6) is 0 Å². The number of pyridine rings is 1. The van der Waals surface area contributed by atoms with Crippen molar-refractivity contribution in [2.24, 2.45) is 5.92 Å². The number of aromatic nitrogens is 3. The van der Waals surface area contributed by atoms with Crippen molar-refractivity contribution in [2.75, 3.05) is 5.32 Å². The summed E-state index contributed by atoms with van der Waals surface area (Å²) in [4.78, 5) is 16.7. The molecule has 1 amide bonds. The van der Waals surface area contributed by atoms with E-state index in [2.05, 4.69) is 20.7 Å². The number of rotatable bonds is 5. The van der Waals surface area contributed by atoms with Gasteiger partial charge in [0.25, 0.3) is 5.91 Å². The smallest absolute Gasteiger partial charge is 0.367 e. The third-order valence-electron chi connectivity index (χ3n) is 5.26. The van der Waals surface area contributed by atoms with E-state index in [-0.39, 0.29) is 35.9 Å². The van der Waals surface area contributed by atoms with E-state index >= 15 is 0 Å². The van der Waals surface area contributed by atoms with E-state index in [1.165, 1.54) is 6.07 Å². The van der Waals surface area contributed by atoms with Crippen LogP contribution in [0.15, 0.2) is 30.5 Å². The standard InChI is InChI=1S/C19H22F3N5O/c1-11(8-13-4-2-3-7-23-13)24-18(28)15-10-17-25-14(12-5-6-12)9-16(19(20,21)22)27(17)26-15/h2-4,7,10-12,14,16,25H,5-6,8-9H2,1H3,(H,24,28)/t11-,14+,16-/m1/s1. The molecule has 28 heavy (non-hydrogen) atoms. The maximum atomic E-state index is 13.5. The Kier molecular flexibility index (Phi) is 4.76. The molecule has 0 spiro atoms. The molecule has 150 valence electrons. The second kappa shape index (κ2) is 7.10. The van der Waals surface area contributed by atoms with Crippen LogP contribution in [-0.2, 0) is 6.42 Å². The molecule has 4 rings (SSSR count).